The maximum absolute atomic E-state index is 13.7. The van der Waals surface area contributed by atoms with Gasteiger partial charge in [-0.05, 0) is 50.7 Å². The number of carbonyl (C=O) groups is 1. The van der Waals surface area contributed by atoms with E-state index >= 15 is 0 Å². The third kappa shape index (κ3) is 14.2. The SMILES string of the molecule is O=C(CCCc1ccc2ccc3cccc4ccc1c2c34)OC[C@H]1O[C@@H]2O[C@H]3[C@H](O)[C@@H](O)[C@@H](O[C@H]4[C@H](O)[C@@H](O)[C@@H](O[C@H]5[C@H](O)[C@@H](O)[C@@H](O[C@H]6[C@H](O)[C@@H](O)[C@@H](O[C@H]7[C@H](O)[C@@H](O)[C@@H](O[C@H]8[C@H](O)[C@@H](O)[C@@H](O[C@H]1[C@H](O)[C@H]2O)O[C@@H]8CO)O[C@@H]7CO)O[C@@H]6CO)O[C@@H]5CO)O[C@@H]4CO)O[C@@H]3CO. The zero-order valence-electron chi connectivity index (χ0n) is 52.0. The highest BCUT2D eigenvalue weighted by atomic mass is 16.8. The normalized spacial score (nSPS) is 46.1. The average molecular weight is 1410 g/mol. The molecule has 21 aliphatic rings. The highest BCUT2D eigenvalue weighted by Crippen LogP contribution is 2.41. The molecule has 25 rings (SSSR count). The van der Waals surface area contributed by atoms with Gasteiger partial charge in [-0.2, -0.15) is 0 Å². The van der Waals surface area contributed by atoms with E-state index in [1.807, 2.05) is 54.6 Å². The second kappa shape index (κ2) is 31.2. The van der Waals surface area contributed by atoms with E-state index in [4.69, 9.17) is 71.1 Å². The van der Waals surface area contributed by atoms with Gasteiger partial charge in [0, 0.05) is 6.42 Å². The predicted molar refractivity (Wildman–Crippen MR) is 315 cm³/mol. The third-order valence-electron chi connectivity index (χ3n) is 19.5. The van der Waals surface area contributed by atoms with Gasteiger partial charge < -0.3 is 173 Å². The first kappa shape index (κ1) is 73.8. The molecule has 0 saturated carbocycles. The van der Waals surface area contributed by atoms with Crippen molar-refractivity contribution in [2.75, 3.05) is 46.2 Å². The molecule has 21 heterocycles. The lowest BCUT2D eigenvalue weighted by Gasteiger charge is -2.50. The van der Waals surface area contributed by atoms with Crippen LogP contribution in [0.2, 0.25) is 0 Å². The Morgan fingerprint density at radius 1 is 0.306 bits per heavy atom. The summed E-state index contributed by atoms with van der Waals surface area (Å²) < 4.78 is 87.3. The number of ether oxygens (including phenoxy) is 15. The molecule has 21 aliphatic heterocycles. The number of carbonyl (C=O) groups excluding carboxylic acids is 1. The molecule has 0 aromatic heterocycles. The highest BCUT2D eigenvalue weighted by Gasteiger charge is 2.60. The molecular weight excluding hydrogens is 1320 g/mol. The molecule has 21 saturated heterocycles. The van der Waals surface area contributed by atoms with Crippen molar-refractivity contribution in [3.8, 4) is 0 Å². The Labute approximate surface area is 555 Å². The molecule has 0 spiro atoms. The molecule has 0 aliphatic carbocycles. The molecule has 4 aromatic rings. The molecule has 4 aromatic carbocycles. The second-order valence-electron chi connectivity index (χ2n) is 25.6. The molecule has 35 atom stereocenters. The Morgan fingerprint density at radius 2 is 0.561 bits per heavy atom. The smallest absolute Gasteiger partial charge is 0.305 e. The summed E-state index contributed by atoms with van der Waals surface area (Å²) in [5.41, 5.74) is 0.943. The fourth-order valence-electron chi connectivity index (χ4n) is 14.1. The van der Waals surface area contributed by atoms with Crippen LogP contribution in [0, 0.1) is 0 Å². The summed E-state index contributed by atoms with van der Waals surface area (Å²) in [6.45, 7) is -7.26. The molecule has 0 radical (unpaired) electrons. The van der Waals surface area contributed by atoms with Gasteiger partial charge in [-0.25, -0.2) is 0 Å². The fourth-order valence-corrected chi connectivity index (χ4v) is 14.1. The van der Waals surface area contributed by atoms with E-state index in [9.17, 15) is 107 Å². The van der Waals surface area contributed by atoms with E-state index in [0.717, 1.165) is 37.9 Å². The number of aliphatic hydroxyl groups excluding tert-OH is 20. The molecular formula is C62H84O36. The second-order valence-corrected chi connectivity index (χ2v) is 25.6. The van der Waals surface area contributed by atoms with Crippen LogP contribution in [0.15, 0.2) is 54.6 Å². The summed E-state index contributed by atoms with van der Waals surface area (Å²) in [6, 6.07) is 18.1. The van der Waals surface area contributed by atoms with Crippen molar-refractivity contribution in [1.29, 1.82) is 0 Å². The number of esters is 1. The minimum absolute atomic E-state index is 0.189. The maximum Gasteiger partial charge on any atom is 0.305 e. The van der Waals surface area contributed by atoms with Crippen molar-refractivity contribution in [3.05, 3.63) is 60.2 Å². The van der Waals surface area contributed by atoms with Crippen molar-refractivity contribution in [1.82, 2.24) is 0 Å². The molecule has 548 valence electrons. The molecule has 36 heteroatoms. The number of hydrogen-bond acceptors (Lipinski definition) is 36. The van der Waals surface area contributed by atoms with Crippen LogP contribution in [-0.2, 0) is 82.3 Å². The number of aryl methyl sites for hydroxylation is 1. The molecule has 0 amide bonds. The van der Waals surface area contributed by atoms with E-state index in [1.54, 1.807) is 0 Å². The first-order chi connectivity index (χ1) is 47.0. The van der Waals surface area contributed by atoms with Crippen molar-refractivity contribution < 1.29 is 178 Å². The number of hydrogen-bond donors (Lipinski definition) is 20. The van der Waals surface area contributed by atoms with Crippen LogP contribution in [0.1, 0.15) is 18.4 Å². The van der Waals surface area contributed by atoms with Gasteiger partial charge in [-0.1, -0.05) is 54.6 Å². The molecule has 0 unspecified atom stereocenters. The van der Waals surface area contributed by atoms with Crippen LogP contribution in [-0.4, -0.2) is 369 Å². The molecule has 14 bridgehead atoms. The van der Waals surface area contributed by atoms with Gasteiger partial charge in [0.15, 0.2) is 44.0 Å². The van der Waals surface area contributed by atoms with Crippen molar-refractivity contribution in [3.63, 3.8) is 0 Å². The maximum atomic E-state index is 13.7. The molecule has 36 nitrogen and oxygen atoms in total. The summed E-state index contributed by atoms with van der Waals surface area (Å²) >= 11 is 0. The first-order valence-electron chi connectivity index (χ1n) is 32.2. The van der Waals surface area contributed by atoms with Crippen molar-refractivity contribution >= 4 is 38.3 Å². The van der Waals surface area contributed by atoms with Gasteiger partial charge >= 0.3 is 5.97 Å². The van der Waals surface area contributed by atoms with Crippen LogP contribution >= 0.6 is 0 Å². The van der Waals surface area contributed by atoms with E-state index < -0.39 is 267 Å². The van der Waals surface area contributed by atoms with Gasteiger partial charge in [0.2, 0.25) is 0 Å². The Kier molecular flexibility index (Phi) is 23.5. The van der Waals surface area contributed by atoms with E-state index in [1.165, 1.54) is 0 Å². The van der Waals surface area contributed by atoms with Crippen LogP contribution < -0.4 is 0 Å². The topological polar surface area (TPSA) is 560 Å². The summed E-state index contributed by atoms with van der Waals surface area (Å²) in [6.07, 6.45) is -71.3. The summed E-state index contributed by atoms with van der Waals surface area (Å²) in [7, 11) is 0. The highest BCUT2D eigenvalue weighted by molar-refractivity contribution is 6.23. The lowest BCUT2D eigenvalue weighted by atomic mass is 9.90. The van der Waals surface area contributed by atoms with Crippen LogP contribution in [0.5, 0.6) is 0 Å². The van der Waals surface area contributed by atoms with Crippen molar-refractivity contribution in [2.24, 2.45) is 0 Å². The summed E-state index contributed by atoms with van der Waals surface area (Å²) in [5, 5.41) is 232. The van der Waals surface area contributed by atoms with Crippen LogP contribution in [0.4, 0.5) is 0 Å². The first-order valence-corrected chi connectivity index (χ1v) is 32.2. The lowest BCUT2D eigenvalue weighted by molar-refractivity contribution is -0.396. The zero-order chi connectivity index (χ0) is 69.9. The zero-order valence-corrected chi connectivity index (χ0v) is 52.0. The Bertz CT molecular complexity index is 3210. The average Bonchev–Trinajstić information content (AvgIpc) is 0.742. The van der Waals surface area contributed by atoms with Crippen LogP contribution in [0.25, 0.3) is 32.3 Å². The van der Waals surface area contributed by atoms with Gasteiger partial charge in [0.25, 0.3) is 0 Å². The summed E-state index contributed by atoms with van der Waals surface area (Å²) in [4.78, 5) is 13.7. The predicted octanol–water partition coefficient (Wildman–Crippen LogP) is -9.76. The number of rotatable bonds is 12. The minimum Gasteiger partial charge on any atom is -0.463 e. The standard InChI is InChI=1S/C62H84O36/c63-13-25-49-36(71)43(78)57(86-25)94-51-27(15-65)88-59(45(80)38(51)73)96-53-29(17-67)90-61(47(82)40(53)75)98-55-31(19-84-32(69)6-2-3-20-7-8-23-10-9-21-4-1-5-22-11-12-24(20)34(23)33(21)22)91-62(48(83)41(55)76)97-54-30(18-68)89-60(46(81)39(54)74)95-52-28(16-66)87-58(44(79)37(52)72)93-50-26(14-64)85-56(92-49)42(77)35(50)70/h1,4-5,7-12,25-31,35-68,70-83H,2-3,6,13-19H2/t25-,26-,27-,28-,29-,30-,31-,35-,36-,37-,38-,39-,40-,41-,42-,43-,44-,45-,46-,47-,48-,49-,50-,51-,52-,53-,54-,55-,56-,57-,58-,59-,60-,61-,62-/m1/s1. The quantitative estimate of drug-likeness (QED) is 0.0463. The van der Waals surface area contributed by atoms with Gasteiger partial charge in [0.05, 0.1) is 39.6 Å². The van der Waals surface area contributed by atoms with Crippen LogP contribution in [0.3, 0.4) is 0 Å². The Morgan fingerprint density at radius 3 is 0.857 bits per heavy atom. The summed E-state index contributed by atoms with van der Waals surface area (Å²) in [5.74, 6) is -0.808. The van der Waals surface area contributed by atoms with E-state index in [-0.39, 0.29) is 12.8 Å². The largest absolute Gasteiger partial charge is 0.463 e. The molecule has 98 heavy (non-hydrogen) atoms. The van der Waals surface area contributed by atoms with Crippen molar-refractivity contribution in [2.45, 2.75) is 234 Å². The Hall–Kier alpha value is -3.97. The van der Waals surface area contributed by atoms with E-state index in [2.05, 4.69) is 0 Å². The van der Waals surface area contributed by atoms with E-state index in [0.29, 0.717) is 6.42 Å². The molecule has 20 N–H and O–H groups in total. The van der Waals surface area contributed by atoms with Gasteiger partial charge in [-0.3, -0.25) is 4.79 Å². The fraction of sp³-hybridized carbons (Fsp3) is 0.726. The van der Waals surface area contributed by atoms with Gasteiger partial charge in [0.1, 0.15) is 178 Å². The monoisotopic (exact) mass is 1400 g/mol. The lowest BCUT2D eigenvalue weighted by Crippen LogP contribution is -2.68. The molecule has 21 fully saturated rings. The van der Waals surface area contributed by atoms with Gasteiger partial charge in [-0.15, -0.1) is 0 Å². The number of aliphatic hydroxyl groups is 20. The third-order valence-corrected chi connectivity index (χ3v) is 19.5. The number of benzene rings is 4. The Balaban J connectivity index is 0.811. The minimum atomic E-state index is -2.28.